The molecular formula is C11H21N5O2S. The van der Waals surface area contributed by atoms with Crippen molar-refractivity contribution in [3.8, 4) is 0 Å². The maximum atomic E-state index is 11.2. The van der Waals surface area contributed by atoms with Crippen LogP contribution in [0.2, 0.25) is 0 Å². The zero-order chi connectivity index (χ0) is 14.8. The van der Waals surface area contributed by atoms with E-state index in [9.17, 15) is 8.42 Å². The predicted molar refractivity (Wildman–Crippen MR) is 76.5 cm³/mol. The summed E-state index contributed by atoms with van der Waals surface area (Å²) in [4.78, 5) is 8.31. The van der Waals surface area contributed by atoms with Crippen molar-refractivity contribution in [2.45, 2.75) is 33.2 Å². The van der Waals surface area contributed by atoms with Crippen molar-refractivity contribution >= 4 is 21.7 Å². The second-order valence-electron chi connectivity index (χ2n) is 5.24. The standard InChI is InChI=1S/C11H21N5O2S/c1-7-9(12)14-8(2)15-10(7)13-6-11(3,4)16-19(5,17)18/h16H,6H2,1-5H3,(H3,12,13,14,15). The van der Waals surface area contributed by atoms with Gasteiger partial charge in [-0.3, -0.25) is 0 Å². The van der Waals surface area contributed by atoms with Crippen molar-refractivity contribution in [1.82, 2.24) is 14.7 Å². The van der Waals surface area contributed by atoms with Crippen molar-refractivity contribution in [2.24, 2.45) is 0 Å². The average molecular weight is 287 g/mol. The van der Waals surface area contributed by atoms with Crippen LogP contribution in [0.5, 0.6) is 0 Å². The maximum absolute atomic E-state index is 11.2. The highest BCUT2D eigenvalue weighted by Crippen LogP contribution is 2.17. The third-order valence-electron chi connectivity index (χ3n) is 2.45. The lowest BCUT2D eigenvalue weighted by Crippen LogP contribution is -2.47. The average Bonchev–Trinajstić information content (AvgIpc) is 2.17. The Morgan fingerprint density at radius 2 is 1.84 bits per heavy atom. The Morgan fingerprint density at radius 1 is 1.26 bits per heavy atom. The first-order chi connectivity index (χ1) is 8.50. The second-order valence-corrected chi connectivity index (χ2v) is 6.99. The zero-order valence-electron chi connectivity index (χ0n) is 11.9. The summed E-state index contributed by atoms with van der Waals surface area (Å²) in [7, 11) is -3.26. The van der Waals surface area contributed by atoms with Crippen molar-refractivity contribution in [3.63, 3.8) is 0 Å². The topological polar surface area (TPSA) is 110 Å². The van der Waals surface area contributed by atoms with E-state index >= 15 is 0 Å². The van der Waals surface area contributed by atoms with Crippen LogP contribution in [0.15, 0.2) is 0 Å². The highest BCUT2D eigenvalue weighted by Gasteiger charge is 2.22. The lowest BCUT2D eigenvalue weighted by molar-refractivity contribution is 0.475. The first-order valence-electron chi connectivity index (χ1n) is 5.84. The molecule has 7 nitrogen and oxygen atoms in total. The summed E-state index contributed by atoms with van der Waals surface area (Å²) in [6.07, 6.45) is 1.13. The largest absolute Gasteiger partial charge is 0.383 e. The predicted octanol–water partition coefficient (Wildman–Crippen LogP) is 0.415. The number of rotatable bonds is 5. The van der Waals surface area contributed by atoms with E-state index in [0.717, 1.165) is 11.8 Å². The number of sulfonamides is 1. The Morgan fingerprint density at radius 3 is 2.37 bits per heavy atom. The van der Waals surface area contributed by atoms with Gasteiger partial charge in [0.1, 0.15) is 17.5 Å². The van der Waals surface area contributed by atoms with Gasteiger partial charge in [-0.25, -0.2) is 23.1 Å². The number of hydrogen-bond donors (Lipinski definition) is 3. The quantitative estimate of drug-likeness (QED) is 0.723. The van der Waals surface area contributed by atoms with Crippen LogP contribution in [0.3, 0.4) is 0 Å². The minimum Gasteiger partial charge on any atom is -0.383 e. The molecule has 0 aliphatic carbocycles. The molecule has 0 saturated carbocycles. The Hall–Kier alpha value is -1.41. The van der Waals surface area contributed by atoms with Crippen molar-refractivity contribution in [3.05, 3.63) is 11.4 Å². The summed E-state index contributed by atoms with van der Waals surface area (Å²) in [5, 5.41) is 3.10. The van der Waals surface area contributed by atoms with Gasteiger partial charge in [-0.1, -0.05) is 0 Å². The van der Waals surface area contributed by atoms with Gasteiger partial charge in [0.2, 0.25) is 10.0 Å². The second kappa shape index (κ2) is 5.30. The summed E-state index contributed by atoms with van der Waals surface area (Å²) in [5.74, 6) is 1.61. The maximum Gasteiger partial charge on any atom is 0.209 e. The highest BCUT2D eigenvalue weighted by atomic mass is 32.2. The fourth-order valence-corrected chi connectivity index (χ4v) is 2.74. The molecular weight excluding hydrogens is 266 g/mol. The molecule has 1 aromatic heterocycles. The van der Waals surface area contributed by atoms with Gasteiger partial charge in [0.25, 0.3) is 0 Å². The van der Waals surface area contributed by atoms with Gasteiger partial charge in [-0.15, -0.1) is 0 Å². The molecule has 8 heteroatoms. The van der Waals surface area contributed by atoms with Crippen LogP contribution in [0.25, 0.3) is 0 Å². The molecule has 1 heterocycles. The molecule has 0 radical (unpaired) electrons. The number of nitrogens with two attached hydrogens (primary N) is 1. The van der Waals surface area contributed by atoms with Gasteiger partial charge >= 0.3 is 0 Å². The van der Waals surface area contributed by atoms with Gasteiger partial charge in [-0.2, -0.15) is 0 Å². The molecule has 19 heavy (non-hydrogen) atoms. The lowest BCUT2D eigenvalue weighted by Gasteiger charge is -2.26. The van der Waals surface area contributed by atoms with Gasteiger partial charge in [0, 0.05) is 17.6 Å². The molecule has 108 valence electrons. The third kappa shape index (κ3) is 4.99. The van der Waals surface area contributed by atoms with Crippen LogP contribution in [-0.2, 0) is 10.0 Å². The van der Waals surface area contributed by atoms with Gasteiger partial charge in [0.15, 0.2) is 0 Å². The number of aromatic nitrogens is 2. The Bertz CT molecular complexity index is 569. The summed E-state index contributed by atoms with van der Waals surface area (Å²) >= 11 is 0. The SMILES string of the molecule is Cc1nc(N)c(C)c(NCC(C)(C)NS(C)(=O)=O)n1. The van der Waals surface area contributed by atoms with E-state index in [1.165, 1.54) is 0 Å². The van der Waals surface area contributed by atoms with Crippen LogP contribution in [0.4, 0.5) is 11.6 Å². The van der Waals surface area contributed by atoms with Crippen LogP contribution < -0.4 is 15.8 Å². The minimum absolute atomic E-state index is 0.386. The van der Waals surface area contributed by atoms with E-state index in [1.807, 2.05) is 6.92 Å². The normalized spacial score (nSPS) is 12.5. The highest BCUT2D eigenvalue weighted by molar-refractivity contribution is 7.88. The van der Waals surface area contributed by atoms with Crippen LogP contribution in [0, 0.1) is 13.8 Å². The first kappa shape index (κ1) is 15.6. The van der Waals surface area contributed by atoms with E-state index in [2.05, 4.69) is 20.0 Å². The first-order valence-corrected chi connectivity index (χ1v) is 7.73. The molecule has 0 bridgehead atoms. The van der Waals surface area contributed by atoms with E-state index in [-0.39, 0.29) is 0 Å². The molecule has 4 N–H and O–H groups in total. The lowest BCUT2D eigenvalue weighted by atomic mass is 10.1. The van der Waals surface area contributed by atoms with Gasteiger partial charge in [-0.05, 0) is 27.7 Å². The molecule has 0 aliphatic rings. The number of nitrogens with zero attached hydrogens (tertiary/aromatic N) is 2. The van der Waals surface area contributed by atoms with Crippen molar-refractivity contribution < 1.29 is 8.42 Å². The molecule has 0 aliphatic heterocycles. The molecule has 0 fully saturated rings. The number of hydrogen-bond acceptors (Lipinski definition) is 6. The molecule has 0 atom stereocenters. The van der Waals surface area contributed by atoms with Crippen molar-refractivity contribution in [1.29, 1.82) is 0 Å². The fraction of sp³-hybridized carbons (Fsp3) is 0.636. The molecule has 0 amide bonds. The summed E-state index contributed by atoms with van der Waals surface area (Å²) in [6.45, 7) is 7.52. The monoisotopic (exact) mass is 287 g/mol. The molecule has 0 aromatic carbocycles. The Labute approximate surface area is 114 Å². The number of anilines is 2. The zero-order valence-corrected chi connectivity index (χ0v) is 12.7. The van der Waals surface area contributed by atoms with E-state index in [1.54, 1.807) is 20.8 Å². The molecule has 1 rings (SSSR count). The fourth-order valence-electron chi connectivity index (χ4n) is 1.66. The van der Waals surface area contributed by atoms with Crippen LogP contribution >= 0.6 is 0 Å². The minimum atomic E-state index is -3.26. The Kier molecular flexibility index (Phi) is 4.36. The molecule has 1 aromatic rings. The van der Waals surface area contributed by atoms with E-state index in [4.69, 9.17) is 5.73 Å². The van der Waals surface area contributed by atoms with E-state index < -0.39 is 15.6 Å². The summed E-state index contributed by atoms with van der Waals surface area (Å²) < 4.78 is 25.0. The molecule has 0 saturated heterocycles. The Balaban J connectivity index is 2.82. The van der Waals surface area contributed by atoms with Crippen LogP contribution in [-0.4, -0.2) is 36.7 Å². The smallest absolute Gasteiger partial charge is 0.209 e. The number of nitrogen functional groups attached to an aromatic ring is 1. The number of aryl methyl sites for hydroxylation is 1. The van der Waals surface area contributed by atoms with Crippen LogP contribution in [0.1, 0.15) is 25.2 Å². The third-order valence-corrected chi connectivity index (χ3v) is 3.38. The summed E-state index contributed by atoms with van der Waals surface area (Å²) in [5.41, 5.74) is 5.88. The van der Waals surface area contributed by atoms with Gasteiger partial charge in [0.05, 0.1) is 6.26 Å². The molecule has 0 unspecified atom stereocenters. The van der Waals surface area contributed by atoms with Crippen molar-refractivity contribution in [2.75, 3.05) is 23.9 Å². The van der Waals surface area contributed by atoms with E-state index in [0.29, 0.717) is 24.0 Å². The number of nitrogens with one attached hydrogen (secondary N) is 2. The van der Waals surface area contributed by atoms with Gasteiger partial charge < -0.3 is 11.1 Å². The molecule has 0 spiro atoms. The summed E-state index contributed by atoms with van der Waals surface area (Å²) in [6, 6.07) is 0.